The lowest BCUT2D eigenvalue weighted by atomic mass is 9.85. The summed E-state index contributed by atoms with van der Waals surface area (Å²) in [5.74, 6) is 0.566. The Balaban J connectivity index is 2.36. The van der Waals surface area contributed by atoms with Crippen LogP contribution in [0.1, 0.15) is 38.2 Å². The minimum Gasteiger partial charge on any atom is -0.324 e. The third kappa shape index (κ3) is 1.88. The standard InChI is InChI=1S/C13H16BrNO/c1-3-5-8(2)11-9-6-4-7-10(14)12(9)15-13(11)16/h4,6-8,11H,3,5H2,1-2H3,(H,15,16). The average molecular weight is 282 g/mol. The number of carbonyl (C=O) groups is 1. The molecule has 3 heteroatoms. The van der Waals surface area contributed by atoms with Gasteiger partial charge in [-0.05, 0) is 39.9 Å². The fraction of sp³-hybridized carbons (Fsp3) is 0.462. The van der Waals surface area contributed by atoms with E-state index in [4.69, 9.17) is 0 Å². The number of carbonyl (C=O) groups excluding carboxylic acids is 1. The summed E-state index contributed by atoms with van der Waals surface area (Å²) in [4.78, 5) is 12.0. The molecule has 86 valence electrons. The first-order chi connectivity index (χ1) is 7.65. The first-order valence-corrected chi connectivity index (χ1v) is 6.53. The van der Waals surface area contributed by atoms with Crippen LogP contribution >= 0.6 is 15.9 Å². The van der Waals surface area contributed by atoms with Gasteiger partial charge in [0.1, 0.15) is 0 Å². The van der Waals surface area contributed by atoms with Crippen molar-refractivity contribution in [1.82, 2.24) is 0 Å². The van der Waals surface area contributed by atoms with Gasteiger partial charge in [-0.2, -0.15) is 0 Å². The molecule has 1 heterocycles. The van der Waals surface area contributed by atoms with Crippen LogP contribution in [0.4, 0.5) is 5.69 Å². The number of rotatable bonds is 3. The molecule has 0 radical (unpaired) electrons. The molecule has 2 unspecified atom stereocenters. The van der Waals surface area contributed by atoms with E-state index < -0.39 is 0 Å². The van der Waals surface area contributed by atoms with Crippen LogP contribution in [0.2, 0.25) is 0 Å². The topological polar surface area (TPSA) is 29.1 Å². The molecule has 0 aliphatic carbocycles. The fourth-order valence-corrected chi connectivity index (χ4v) is 2.94. The van der Waals surface area contributed by atoms with Crippen molar-refractivity contribution in [3.05, 3.63) is 28.2 Å². The molecule has 0 saturated heterocycles. The van der Waals surface area contributed by atoms with Gasteiger partial charge in [0.2, 0.25) is 5.91 Å². The maximum atomic E-state index is 12.0. The normalized spacial score (nSPS) is 20.4. The average Bonchev–Trinajstić information content (AvgIpc) is 2.56. The highest BCUT2D eigenvalue weighted by atomic mass is 79.9. The smallest absolute Gasteiger partial charge is 0.232 e. The minimum atomic E-state index is 0.0208. The van der Waals surface area contributed by atoms with Crippen molar-refractivity contribution >= 4 is 27.5 Å². The second kappa shape index (κ2) is 4.58. The molecule has 2 nitrogen and oxygen atoms in total. The third-order valence-corrected chi connectivity index (χ3v) is 3.89. The number of fused-ring (bicyclic) bond motifs is 1. The van der Waals surface area contributed by atoms with Gasteiger partial charge in [-0.25, -0.2) is 0 Å². The number of hydrogen-bond acceptors (Lipinski definition) is 1. The van der Waals surface area contributed by atoms with Crippen molar-refractivity contribution in [2.75, 3.05) is 5.32 Å². The van der Waals surface area contributed by atoms with E-state index >= 15 is 0 Å². The summed E-state index contributed by atoms with van der Waals surface area (Å²) in [5.41, 5.74) is 2.10. The van der Waals surface area contributed by atoms with Gasteiger partial charge in [0, 0.05) is 4.47 Å². The molecular formula is C13H16BrNO. The van der Waals surface area contributed by atoms with Crippen LogP contribution < -0.4 is 5.32 Å². The summed E-state index contributed by atoms with van der Waals surface area (Å²) in [6.07, 6.45) is 2.21. The van der Waals surface area contributed by atoms with E-state index in [1.807, 2.05) is 12.1 Å². The number of hydrogen-bond donors (Lipinski definition) is 1. The second-order valence-corrected chi connectivity index (χ2v) is 5.29. The van der Waals surface area contributed by atoms with Crippen LogP contribution in [0.15, 0.2) is 22.7 Å². The summed E-state index contributed by atoms with van der Waals surface area (Å²) >= 11 is 3.48. The zero-order valence-electron chi connectivity index (χ0n) is 9.59. The lowest BCUT2D eigenvalue weighted by Gasteiger charge is -2.16. The van der Waals surface area contributed by atoms with Gasteiger partial charge in [0.25, 0.3) is 0 Å². The molecule has 1 amide bonds. The van der Waals surface area contributed by atoms with Crippen molar-refractivity contribution in [2.45, 2.75) is 32.6 Å². The fourth-order valence-electron chi connectivity index (χ4n) is 2.46. The van der Waals surface area contributed by atoms with Crippen molar-refractivity contribution in [3.63, 3.8) is 0 Å². The zero-order valence-corrected chi connectivity index (χ0v) is 11.2. The predicted molar refractivity (Wildman–Crippen MR) is 69.6 cm³/mol. The Morgan fingerprint density at radius 3 is 2.94 bits per heavy atom. The molecule has 1 N–H and O–H groups in total. The minimum absolute atomic E-state index is 0.0208. The van der Waals surface area contributed by atoms with Gasteiger partial charge < -0.3 is 5.32 Å². The van der Waals surface area contributed by atoms with Gasteiger partial charge in [0.05, 0.1) is 11.6 Å². The molecule has 16 heavy (non-hydrogen) atoms. The van der Waals surface area contributed by atoms with Crippen LogP contribution in [0.3, 0.4) is 0 Å². The molecule has 0 fully saturated rings. The number of anilines is 1. The number of halogens is 1. The van der Waals surface area contributed by atoms with Crippen LogP contribution in [0, 0.1) is 5.92 Å². The molecule has 1 aromatic carbocycles. The number of benzene rings is 1. The largest absolute Gasteiger partial charge is 0.324 e. The van der Waals surface area contributed by atoms with Crippen LogP contribution in [-0.2, 0) is 4.79 Å². The maximum absolute atomic E-state index is 12.0. The Kier molecular flexibility index (Phi) is 3.33. The van der Waals surface area contributed by atoms with Crippen LogP contribution in [0.5, 0.6) is 0 Å². The van der Waals surface area contributed by atoms with Gasteiger partial charge in [-0.1, -0.05) is 32.4 Å². The Labute approximate surface area is 105 Å². The quantitative estimate of drug-likeness (QED) is 0.894. The highest BCUT2D eigenvalue weighted by Crippen LogP contribution is 2.42. The highest BCUT2D eigenvalue weighted by molar-refractivity contribution is 9.10. The monoisotopic (exact) mass is 281 g/mol. The Morgan fingerprint density at radius 1 is 1.50 bits per heavy atom. The lowest BCUT2D eigenvalue weighted by Crippen LogP contribution is -2.18. The van der Waals surface area contributed by atoms with E-state index in [-0.39, 0.29) is 11.8 Å². The first-order valence-electron chi connectivity index (χ1n) is 5.74. The van der Waals surface area contributed by atoms with E-state index in [1.165, 1.54) is 0 Å². The number of para-hydroxylation sites is 1. The molecule has 0 aromatic heterocycles. The molecular weight excluding hydrogens is 266 g/mol. The second-order valence-electron chi connectivity index (χ2n) is 4.44. The van der Waals surface area contributed by atoms with Crippen LogP contribution in [-0.4, -0.2) is 5.91 Å². The zero-order chi connectivity index (χ0) is 11.7. The molecule has 0 bridgehead atoms. The van der Waals surface area contributed by atoms with Gasteiger partial charge in [-0.3, -0.25) is 4.79 Å². The van der Waals surface area contributed by atoms with Crippen molar-refractivity contribution in [2.24, 2.45) is 5.92 Å². The molecule has 0 saturated carbocycles. The summed E-state index contributed by atoms with van der Waals surface area (Å²) in [6, 6.07) is 6.01. The van der Waals surface area contributed by atoms with Gasteiger partial charge in [-0.15, -0.1) is 0 Å². The van der Waals surface area contributed by atoms with Crippen molar-refractivity contribution in [3.8, 4) is 0 Å². The maximum Gasteiger partial charge on any atom is 0.232 e. The SMILES string of the molecule is CCCC(C)C1C(=O)Nc2c(Br)cccc21. The van der Waals surface area contributed by atoms with Crippen LogP contribution in [0.25, 0.3) is 0 Å². The molecule has 1 aromatic rings. The lowest BCUT2D eigenvalue weighted by molar-refractivity contribution is -0.118. The molecule has 0 spiro atoms. The third-order valence-electron chi connectivity index (χ3n) is 3.22. The number of amides is 1. The molecule has 2 rings (SSSR count). The number of nitrogens with one attached hydrogen (secondary N) is 1. The first kappa shape index (κ1) is 11.6. The predicted octanol–water partition coefficient (Wildman–Crippen LogP) is 3.92. The Hall–Kier alpha value is -0.830. The summed E-state index contributed by atoms with van der Waals surface area (Å²) in [6.45, 7) is 4.31. The van der Waals surface area contributed by atoms with Crippen molar-refractivity contribution < 1.29 is 4.79 Å². The Bertz CT molecular complexity index is 416. The Morgan fingerprint density at radius 2 is 2.25 bits per heavy atom. The molecule has 1 aliphatic rings. The van der Waals surface area contributed by atoms with Crippen molar-refractivity contribution in [1.29, 1.82) is 0 Å². The van der Waals surface area contributed by atoms with E-state index in [0.717, 1.165) is 28.6 Å². The van der Waals surface area contributed by atoms with Gasteiger partial charge >= 0.3 is 0 Å². The molecule has 2 atom stereocenters. The van der Waals surface area contributed by atoms with E-state index in [2.05, 4.69) is 41.2 Å². The summed E-state index contributed by atoms with van der Waals surface area (Å²) in [7, 11) is 0. The summed E-state index contributed by atoms with van der Waals surface area (Å²) < 4.78 is 0.976. The van der Waals surface area contributed by atoms with E-state index in [1.54, 1.807) is 0 Å². The molecule has 1 aliphatic heterocycles. The van der Waals surface area contributed by atoms with E-state index in [0.29, 0.717) is 5.92 Å². The summed E-state index contributed by atoms with van der Waals surface area (Å²) in [5, 5.41) is 2.97. The highest BCUT2D eigenvalue weighted by Gasteiger charge is 2.34. The van der Waals surface area contributed by atoms with E-state index in [9.17, 15) is 4.79 Å². The van der Waals surface area contributed by atoms with Gasteiger partial charge in [0.15, 0.2) is 0 Å².